The fraction of sp³-hybridized carbons (Fsp3) is 0.385. The number of hydrogen-bond acceptors (Lipinski definition) is 5. The van der Waals surface area contributed by atoms with Crippen molar-refractivity contribution in [2.75, 3.05) is 13.9 Å². The molecule has 0 aliphatic carbocycles. The molecule has 0 saturated carbocycles. The zero-order chi connectivity index (χ0) is 13.8. The Labute approximate surface area is 112 Å². The first-order chi connectivity index (χ1) is 9.17. The van der Waals surface area contributed by atoms with Crippen LogP contribution in [0.3, 0.4) is 0 Å². The van der Waals surface area contributed by atoms with E-state index >= 15 is 0 Å². The van der Waals surface area contributed by atoms with Crippen molar-refractivity contribution in [2.24, 2.45) is 12.8 Å². The van der Waals surface area contributed by atoms with Gasteiger partial charge in [-0.05, 0) is 19.1 Å². The second kappa shape index (κ2) is 5.81. The second-order valence-electron chi connectivity index (χ2n) is 4.16. The maximum absolute atomic E-state index is 5.74. The van der Waals surface area contributed by atoms with E-state index in [1.807, 2.05) is 26.1 Å². The van der Waals surface area contributed by atoms with Crippen LogP contribution in [0.4, 0.5) is 0 Å². The summed E-state index contributed by atoms with van der Waals surface area (Å²) < 4.78 is 12.0. The van der Waals surface area contributed by atoms with Gasteiger partial charge in [-0.3, -0.25) is 4.68 Å². The minimum Gasteiger partial charge on any atom is -0.466 e. The lowest BCUT2D eigenvalue weighted by Crippen LogP contribution is -2.06. The molecule has 2 aromatic heterocycles. The number of nitrogens with two attached hydrogens (primary N) is 1. The Hall–Kier alpha value is -1.92. The fourth-order valence-corrected chi connectivity index (χ4v) is 1.89. The lowest BCUT2D eigenvalue weighted by molar-refractivity contribution is 0.0503. The first-order valence-corrected chi connectivity index (χ1v) is 5.98. The summed E-state index contributed by atoms with van der Waals surface area (Å²) in [5, 5.41) is 4.21. The molecule has 0 unspecified atom stereocenters. The Morgan fingerprint density at radius 3 is 2.79 bits per heavy atom. The third-order valence-corrected chi connectivity index (χ3v) is 2.90. The van der Waals surface area contributed by atoms with Crippen molar-refractivity contribution in [3.63, 3.8) is 0 Å². The summed E-state index contributed by atoms with van der Waals surface area (Å²) in [6, 6.07) is 3.78. The van der Waals surface area contributed by atoms with E-state index in [1.165, 1.54) is 0 Å². The topological polar surface area (TPSA) is 75.2 Å². The van der Waals surface area contributed by atoms with Crippen LogP contribution in [0.25, 0.3) is 11.3 Å². The minimum atomic E-state index is 0.211. The Morgan fingerprint density at radius 1 is 1.37 bits per heavy atom. The Bertz CT molecular complexity index is 566. The number of hydrogen-bond donors (Lipinski definition) is 1. The zero-order valence-electron chi connectivity index (χ0n) is 11.4. The molecule has 19 heavy (non-hydrogen) atoms. The molecule has 2 N–H and O–H groups in total. The second-order valence-corrected chi connectivity index (χ2v) is 4.16. The van der Waals surface area contributed by atoms with Gasteiger partial charge >= 0.3 is 0 Å². The van der Waals surface area contributed by atoms with Gasteiger partial charge in [0, 0.05) is 26.3 Å². The maximum atomic E-state index is 5.74. The van der Waals surface area contributed by atoms with Crippen LogP contribution < -0.4 is 10.5 Å². The highest BCUT2D eigenvalue weighted by atomic mass is 16.7. The highest BCUT2D eigenvalue weighted by molar-refractivity contribution is 5.62. The number of aromatic nitrogens is 3. The largest absolute Gasteiger partial charge is 0.466 e. The van der Waals surface area contributed by atoms with Crippen molar-refractivity contribution in [3.8, 4) is 17.0 Å². The van der Waals surface area contributed by atoms with Crippen molar-refractivity contribution in [3.05, 3.63) is 29.7 Å². The van der Waals surface area contributed by atoms with Gasteiger partial charge < -0.3 is 15.2 Å². The molecule has 6 heteroatoms. The van der Waals surface area contributed by atoms with E-state index in [9.17, 15) is 0 Å². The van der Waals surface area contributed by atoms with E-state index in [1.54, 1.807) is 18.0 Å². The standard InChI is InChI=1S/C13H18N4O2/c1-9-13(19-8-18-3)5-4-11(16-9)10-7-15-17(2)12(10)6-14/h4-5,7H,6,8,14H2,1-3H3. The van der Waals surface area contributed by atoms with Crippen molar-refractivity contribution >= 4 is 0 Å². The summed E-state index contributed by atoms with van der Waals surface area (Å²) >= 11 is 0. The maximum Gasteiger partial charge on any atom is 0.188 e. The average Bonchev–Trinajstić information content (AvgIpc) is 2.78. The molecule has 6 nitrogen and oxygen atoms in total. The van der Waals surface area contributed by atoms with E-state index < -0.39 is 0 Å². The molecule has 0 spiro atoms. The van der Waals surface area contributed by atoms with Gasteiger partial charge in [0.2, 0.25) is 0 Å². The van der Waals surface area contributed by atoms with Gasteiger partial charge in [0.15, 0.2) is 6.79 Å². The molecule has 0 radical (unpaired) electrons. The van der Waals surface area contributed by atoms with Crippen LogP contribution in [0.15, 0.2) is 18.3 Å². The van der Waals surface area contributed by atoms with Gasteiger partial charge in [-0.2, -0.15) is 5.10 Å². The predicted molar refractivity (Wildman–Crippen MR) is 71.6 cm³/mol. The van der Waals surface area contributed by atoms with Crippen LogP contribution >= 0.6 is 0 Å². The average molecular weight is 262 g/mol. The molecule has 102 valence electrons. The molecular formula is C13H18N4O2. The van der Waals surface area contributed by atoms with E-state index in [0.29, 0.717) is 12.3 Å². The molecule has 2 aromatic rings. The molecule has 0 amide bonds. The van der Waals surface area contributed by atoms with Crippen molar-refractivity contribution < 1.29 is 9.47 Å². The van der Waals surface area contributed by atoms with Crippen LogP contribution in [0, 0.1) is 6.92 Å². The molecule has 2 heterocycles. The summed E-state index contributed by atoms with van der Waals surface area (Å²) in [4.78, 5) is 4.53. The van der Waals surface area contributed by atoms with Crippen LogP contribution in [-0.2, 0) is 18.3 Å². The van der Waals surface area contributed by atoms with Crippen molar-refractivity contribution in [1.82, 2.24) is 14.8 Å². The molecule has 0 aliphatic rings. The Kier molecular flexibility index (Phi) is 4.13. The predicted octanol–water partition coefficient (Wildman–Crippen LogP) is 1.23. The molecule has 0 fully saturated rings. The van der Waals surface area contributed by atoms with Gasteiger partial charge in [-0.15, -0.1) is 0 Å². The van der Waals surface area contributed by atoms with E-state index in [0.717, 1.165) is 22.6 Å². The van der Waals surface area contributed by atoms with Gasteiger partial charge in [-0.1, -0.05) is 0 Å². The van der Waals surface area contributed by atoms with Crippen LogP contribution in [0.5, 0.6) is 5.75 Å². The van der Waals surface area contributed by atoms with Crippen LogP contribution in [0.2, 0.25) is 0 Å². The van der Waals surface area contributed by atoms with Crippen LogP contribution in [0.1, 0.15) is 11.4 Å². The Morgan fingerprint density at radius 2 is 2.16 bits per heavy atom. The van der Waals surface area contributed by atoms with E-state index in [2.05, 4.69) is 10.1 Å². The molecule has 0 saturated heterocycles. The van der Waals surface area contributed by atoms with Gasteiger partial charge in [0.25, 0.3) is 0 Å². The number of methoxy groups -OCH3 is 1. The molecular weight excluding hydrogens is 244 g/mol. The Balaban J connectivity index is 2.33. The summed E-state index contributed by atoms with van der Waals surface area (Å²) in [6.07, 6.45) is 1.78. The summed E-state index contributed by atoms with van der Waals surface area (Å²) in [6.45, 7) is 2.53. The smallest absolute Gasteiger partial charge is 0.188 e. The SMILES string of the molecule is COCOc1ccc(-c2cnn(C)c2CN)nc1C. The summed E-state index contributed by atoms with van der Waals surface area (Å²) in [7, 11) is 3.45. The minimum absolute atomic E-state index is 0.211. The summed E-state index contributed by atoms with van der Waals surface area (Å²) in [5.41, 5.74) is 9.29. The van der Waals surface area contributed by atoms with Crippen molar-refractivity contribution in [1.29, 1.82) is 0 Å². The molecule has 0 aromatic carbocycles. The number of aryl methyl sites for hydroxylation is 2. The zero-order valence-corrected chi connectivity index (χ0v) is 11.4. The number of pyridine rings is 1. The quantitative estimate of drug-likeness (QED) is 0.820. The third kappa shape index (κ3) is 2.74. The highest BCUT2D eigenvalue weighted by Crippen LogP contribution is 2.25. The highest BCUT2D eigenvalue weighted by Gasteiger charge is 2.12. The number of ether oxygens (including phenoxy) is 2. The molecule has 2 rings (SSSR count). The molecule has 0 bridgehead atoms. The first-order valence-electron chi connectivity index (χ1n) is 5.98. The van der Waals surface area contributed by atoms with E-state index in [-0.39, 0.29) is 6.79 Å². The van der Waals surface area contributed by atoms with Gasteiger partial charge in [0.05, 0.1) is 23.3 Å². The molecule has 0 atom stereocenters. The third-order valence-electron chi connectivity index (χ3n) is 2.90. The van der Waals surface area contributed by atoms with Gasteiger partial charge in [-0.25, -0.2) is 4.98 Å². The summed E-state index contributed by atoms with van der Waals surface area (Å²) in [5.74, 6) is 0.712. The van der Waals surface area contributed by atoms with Gasteiger partial charge in [0.1, 0.15) is 5.75 Å². The number of nitrogens with zero attached hydrogens (tertiary/aromatic N) is 3. The van der Waals surface area contributed by atoms with Crippen molar-refractivity contribution in [2.45, 2.75) is 13.5 Å². The normalized spacial score (nSPS) is 10.7. The number of rotatable bonds is 5. The van der Waals surface area contributed by atoms with E-state index in [4.69, 9.17) is 15.2 Å². The lowest BCUT2D eigenvalue weighted by atomic mass is 10.1. The lowest BCUT2D eigenvalue weighted by Gasteiger charge is -2.09. The fourth-order valence-electron chi connectivity index (χ4n) is 1.89. The first kappa shape index (κ1) is 13.5. The molecule has 0 aliphatic heterocycles. The van der Waals surface area contributed by atoms with Crippen LogP contribution in [-0.4, -0.2) is 28.7 Å². The monoisotopic (exact) mass is 262 g/mol.